The maximum absolute atomic E-state index is 13.7. The molecule has 9 heteroatoms. The first-order valence-electron chi connectivity index (χ1n) is 12.0. The number of nitrogens with zero attached hydrogens (tertiary/aromatic N) is 3. The van der Waals surface area contributed by atoms with Crippen LogP contribution in [0.3, 0.4) is 0 Å². The zero-order chi connectivity index (χ0) is 27.4. The van der Waals surface area contributed by atoms with Crippen LogP contribution in [0.25, 0.3) is 22.3 Å². The molecule has 0 radical (unpaired) electrons. The third-order valence-corrected chi connectivity index (χ3v) is 6.54. The van der Waals surface area contributed by atoms with Crippen molar-refractivity contribution in [2.45, 2.75) is 26.7 Å². The smallest absolute Gasteiger partial charge is 0.343 e. The van der Waals surface area contributed by atoms with Gasteiger partial charge in [0.2, 0.25) is 0 Å². The summed E-state index contributed by atoms with van der Waals surface area (Å²) in [6.45, 7) is 5.85. The van der Waals surface area contributed by atoms with Gasteiger partial charge in [0, 0.05) is 15.6 Å². The number of hydrogen-bond acceptors (Lipinski definition) is 7. The molecule has 8 nitrogen and oxygen atoms in total. The van der Waals surface area contributed by atoms with E-state index in [-0.39, 0.29) is 18.1 Å². The molecule has 0 fully saturated rings. The Morgan fingerprint density at radius 3 is 2.58 bits per heavy atom. The quantitative estimate of drug-likeness (QED) is 0.197. The molecule has 0 saturated carbocycles. The van der Waals surface area contributed by atoms with Crippen LogP contribution in [-0.2, 0) is 9.53 Å². The fraction of sp³-hybridized carbons (Fsp3) is 0.241. The van der Waals surface area contributed by atoms with Crippen molar-refractivity contribution in [1.82, 2.24) is 9.66 Å². The lowest BCUT2D eigenvalue weighted by Gasteiger charge is -2.17. The number of fused-ring (bicyclic) bond motifs is 1. The Morgan fingerprint density at radius 2 is 1.87 bits per heavy atom. The summed E-state index contributed by atoms with van der Waals surface area (Å²) in [6.07, 6.45) is 1.51. The second kappa shape index (κ2) is 11.6. The highest BCUT2D eigenvalue weighted by Crippen LogP contribution is 2.34. The van der Waals surface area contributed by atoms with Crippen molar-refractivity contribution < 1.29 is 19.0 Å². The van der Waals surface area contributed by atoms with E-state index in [1.165, 1.54) is 18.0 Å². The Morgan fingerprint density at radius 1 is 1.11 bits per heavy atom. The third kappa shape index (κ3) is 5.62. The highest BCUT2D eigenvalue weighted by Gasteiger charge is 2.18. The lowest BCUT2D eigenvalue weighted by molar-refractivity contribution is -0.142. The standard InChI is InChI=1S/C29H28BrN3O5/c1-17(2)22-14-23(18(3)12-26(22)36-4)28-32-24-9-7-6-8-21(24)29(35)33(28)31-15-19-13-20(30)10-11-25(19)38-16-27(34)37-5/h6-15,17H,16H2,1-5H3. The van der Waals surface area contributed by atoms with Gasteiger partial charge >= 0.3 is 5.97 Å². The zero-order valence-electron chi connectivity index (χ0n) is 21.8. The Bertz CT molecular complexity index is 1590. The van der Waals surface area contributed by atoms with Crippen molar-refractivity contribution in [2.75, 3.05) is 20.8 Å². The van der Waals surface area contributed by atoms with E-state index in [9.17, 15) is 9.59 Å². The first kappa shape index (κ1) is 27.1. The third-order valence-electron chi connectivity index (χ3n) is 6.05. The van der Waals surface area contributed by atoms with E-state index in [2.05, 4.69) is 39.6 Å². The molecule has 0 aliphatic heterocycles. The minimum atomic E-state index is -0.510. The molecule has 4 aromatic rings. The van der Waals surface area contributed by atoms with Crippen LogP contribution >= 0.6 is 15.9 Å². The number of carbonyl (C=O) groups excluding carboxylic acids is 1. The molecular weight excluding hydrogens is 550 g/mol. The minimum absolute atomic E-state index is 0.185. The summed E-state index contributed by atoms with van der Waals surface area (Å²) in [5.41, 5.74) is 3.48. The van der Waals surface area contributed by atoms with Crippen LogP contribution in [0.4, 0.5) is 0 Å². The van der Waals surface area contributed by atoms with Gasteiger partial charge in [-0.25, -0.2) is 9.78 Å². The highest BCUT2D eigenvalue weighted by atomic mass is 79.9. The normalized spacial score (nSPS) is 11.3. The van der Waals surface area contributed by atoms with Gasteiger partial charge in [-0.2, -0.15) is 9.78 Å². The first-order valence-corrected chi connectivity index (χ1v) is 12.8. The van der Waals surface area contributed by atoms with E-state index >= 15 is 0 Å². The molecule has 0 spiro atoms. The number of carbonyl (C=O) groups is 1. The second-order valence-corrected chi connectivity index (χ2v) is 9.84. The first-order chi connectivity index (χ1) is 18.2. The van der Waals surface area contributed by atoms with Gasteiger partial charge in [0.1, 0.15) is 11.5 Å². The molecule has 3 aromatic carbocycles. The van der Waals surface area contributed by atoms with E-state index in [0.29, 0.717) is 28.0 Å². The SMILES string of the molecule is COC(=O)COc1ccc(Br)cc1C=Nn1c(-c2cc(C(C)C)c(OC)cc2C)nc2ccccc2c1=O. The number of rotatable bonds is 8. The van der Waals surface area contributed by atoms with Crippen molar-refractivity contribution >= 4 is 39.0 Å². The predicted molar refractivity (Wildman–Crippen MR) is 151 cm³/mol. The monoisotopic (exact) mass is 577 g/mol. The fourth-order valence-electron chi connectivity index (χ4n) is 4.04. The lowest BCUT2D eigenvalue weighted by Crippen LogP contribution is -2.21. The van der Waals surface area contributed by atoms with Crippen LogP contribution in [0.1, 0.15) is 36.5 Å². The number of hydrogen-bond donors (Lipinski definition) is 0. The van der Waals surface area contributed by atoms with Gasteiger partial charge in [-0.3, -0.25) is 4.79 Å². The molecule has 0 unspecified atom stereocenters. The molecule has 0 atom stereocenters. The fourth-order valence-corrected chi connectivity index (χ4v) is 4.42. The van der Waals surface area contributed by atoms with Crippen LogP contribution in [-0.4, -0.2) is 42.7 Å². The van der Waals surface area contributed by atoms with E-state index in [4.69, 9.17) is 14.5 Å². The molecule has 0 bridgehead atoms. The van der Waals surface area contributed by atoms with Gasteiger partial charge in [0.15, 0.2) is 12.4 Å². The Kier molecular flexibility index (Phi) is 8.26. The molecule has 0 amide bonds. The van der Waals surface area contributed by atoms with Crippen molar-refractivity contribution in [3.05, 3.63) is 86.1 Å². The number of para-hydroxylation sites is 1. The Balaban J connectivity index is 1.92. The number of benzene rings is 3. The number of aromatic nitrogens is 2. The molecule has 1 aromatic heterocycles. The molecule has 4 rings (SSSR count). The van der Waals surface area contributed by atoms with Crippen LogP contribution in [0.15, 0.2) is 69.0 Å². The van der Waals surface area contributed by atoms with Crippen molar-refractivity contribution in [3.8, 4) is 22.9 Å². The summed E-state index contributed by atoms with van der Waals surface area (Å²) in [5.74, 6) is 1.27. The molecule has 1 heterocycles. The maximum Gasteiger partial charge on any atom is 0.343 e. The Labute approximate surface area is 229 Å². The Hall–Kier alpha value is -3.98. The number of halogens is 1. The molecule has 0 saturated heterocycles. The van der Waals surface area contributed by atoms with Gasteiger partial charge in [0.25, 0.3) is 5.56 Å². The summed E-state index contributed by atoms with van der Waals surface area (Å²) in [6, 6.07) is 16.4. The van der Waals surface area contributed by atoms with Crippen molar-refractivity contribution in [1.29, 1.82) is 0 Å². The van der Waals surface area contributed by atoms with Crippen LogP contribution < -0.4 is 15.0 Å². The van der Waals surface area contributed by atoms with Gasteiger partial charge in [0.05, 0.1) is 31.3 Å². The number of aryl methyl sites for hydroxylation is 1. The average molecular weight is 578 g/mol. The molecule has 0 N–H and O–H groups in total. The largest absolute Gasteiger partial charge is 0.496 e. The van der Waals surface area contributed by atoms with Gasteiger partial charge < -0.3 is 14.2 Å². The highest BCUT2D eigenvalue weighted by molar-refractivity contribution is 9.10. The second-order valence-electron chi connectivity index (χ2n) is 8.92. The predicted octanol–water partition coefficient (Wildman–Crippen LogP) is 5.70. The molecule has 0 aliphatic rings. The zero-order valence-corrected chi connectivity index (χ0v) is 23.4. The van der Waals surface area contributed by atoms with Crippen molar-refractivity contribution in [3.63, 3.8) is 0 Å². The topological polar surface area (TPSA) is 92.0 Å². The summed E-state index contributed by atoms with van der Waals surface area (Å²) in [7, 11) is 2.94. The summed E-state index contributed by atoms with van der Waals surface area (Å²) < 4.78 is 18.0. The van der Waals surface area contributed by atoms with Gasteiger partial charge in [-0.05, 0) is 66.4 Å². The average Bonchev–Trinajstić information content (AvgIpc) is 2.91. The van der Waals surface area contributed by atoms with Crippen LogP contribution in [0, 0.1) is 6.92 Å². The van der Waals surface area contributed by atoms with E-state index in [1.54, 1.807) is 37.4 Å². The van der Waals surface area contributed by atoms with E-state index < -0.39 is 5.97 Å². The van der Waals surface area contributed by atoms with Crippen LogP contribution in [0.5, 0.6) is 11.5 Å². The van der Waals surface area contributed by atoms with Crippen LogP contribution in [0.2, 0.25) is 0 Å². The summed E-state index contributed by atoms with van der Waals surface area (Å²) >= 11 is 3.46. The minimum Gasteiger partial charge on any atom is -0.496 e. The molecule has 0 aliphatic carbocycles. The maximum atomic E-state index is 13.7. The summed E-state index contributed by atoms with van der Waals surface area (Å²) in [5, 5.41) is 5.02. The van der Waals surface area contributed by atoms with Crippen molar-refractivity contribution in [2.24, 2.45) is 5.10 Å². The number of esters is 1. The van der Waals surface area contributed by atoms with Gasteiger partial charge in [-0.1, -0.05) is 41.9 Å². The molecule has 196 valence electrons. The van der Waals surface area contributed by atoms with E-state index in [0.717, 1.165) is 26.9 Å². The molecule has 38 heavy (non-hydrogen) atoms. The summed E-state index contributed by atoms with van der Waals surface area (Å²) in [4.78, 5) is 30.2. The van der Waals surface area contributed by atoms with Gasteiger partial charge in [-0.15, -0.1) is 0 Å². The number of ether oxygens (including phenoxy) is 3. The van der Waals surface area contributed by atoms with E-state index in [1.807, 2.05) is 31.2 Å². The number of methoxy groups -OCH3 is 2. The molecular formula is C29H28BrN3O5. The lowest BCUT2D eigenvalue weighted by atomic mass is 9.96.